The van der Waals surface area contributed by atoms with Crippen LogP contribution in [0.1, 0.15) is 37.6 Å². The molecular weight excluding hydrogens is 538 g/mol. The maximum Gasteiger partial charge on any atom is 0.417 e. The Balaban J connectivity index is 1.59. The van der Waals surface area contributed by atoms with Crippen molar-refractivity contribution < 1.29 is 27.1 Å². The number of hydrogen-bond acceptors (Lipinski definition) is 6. The first kappa shape index (κ1) is 28.0. The number of rotatable bonds is 4. The highest BCUT2D eigenvalue weighted by Crippen LogP contribution is 2.40. The lowest BCUT2D eigenvalue weighted by Gasteiger charge is -2.31. The van der Waals surface area contributed by atoms with Gasteiger partial charge in [-0.1, -0.05) is 30.3 Å². The van der Waals surface area contributed by atoms with Gasteiger partial charge < -0.3 is 15.0 Å². The average molecular weight is 566 g/mol. The van der Waals surface area contributed by atoms with E-state index in [0.717, 1.165) is 17.3 Å². The van der Waals surface area contributed by atoms with E-state index in [1.807, 2.05) is 30.3 Å². The molecule has 0 radical (unpaired) electrons. The molecule has 2 aromatic heterocycles. The third-order valence-corrected chi connectivity index (χ3v) is 6.36. The molecule has 0 bridgehead atoms. The van der Waals surface area contributed by atoms with E-state index >= 15 is 4.39 Å². The Bertz CT molecular complexity index is 1570. The first-order valence-electron chi connectivity index (χ1n) is 12.9. The maximum absolute atomic E-state index is 15.3. The number of aromatic nitrogens is 3. The van der Waals surface area contributed by atoms with E-state index in [2.05, 4.69) is 15.3 Å². The van der Waals surface area contributed by atoms with Gasteiger partial charge in [0, 0.05) is 42.2 Å². The van der Waals surface area contributed by atoms with Crippen LogP contribution >= 0.6 is 0 Å². The second-order valence-electron chi connectivity index (χ2n) is 10.6. The smallest absolute Gasteiger partial charge is 0.417 e. The number of pyridine rings is 1. The summed E-state index contributed by atoms with van der Waals surface area (Å²) in [4.78, 5) is 27.0. The molecule has 1 N–H and O–H groups in total. The van der Waals surface area contributed by atoms with E-state index < -0.39 is 29.3 Å². The van der Waals surface area contributed by atoms with Crippen molar-refractivity contribution >= 4 is 17.5 Å². The van der Waals surface area contributed by atoms with Crippen molar-refractivity contribution in [1.82, 2.24) is 19.9 Å². The van der Waals surface area contributed by atoms with Crippen molar-refractivity contribution in [2.24, 2.45) is 0 Å². The van der Waals surface area contributed by atoms with Gasteiger partial charge in [0.05, 0.1) is 29.2 Å². The molecule has 0 saturated heterocycles. The standard InChI is InChI=1S/C30H27F4N5O2/c1-29(2,3)41-28(40)39-13-10-23-19(17-39)14-25(26(38-23)18-8-5-4-6-9-18)37-24-15-20(27-35-11-7-12-36-27)21(16-22(24)31)30(32,33)34/h4-9,11-12,14-16,37H,10,13,17H2,1-3H3. The highest BCUT2D eigenvalue weighted by molar-refractivity contribution is 5.81. The summed E-state index contributed by atoms with van der Waals surface area (Å²) >= 11 is 0. The number of nitrogens with one attached hydrogen (secondary N) is 1. The van der Waals surface area contributed by atoms with Crippen LogP contribution in [0.5, 0.6) is 0 Å². The van der Waals surface area contributed by atoms with Gasteiger partial charge >= 0.3 is 12.3 Å². The second-order valence-corrected chi connectivity index (χ2v) is 10.6. The largest absolute Gasteiger partial charge is 0.444 e. The lowest BCUT2D eigenvalue weighted by Crippen LogP contribution is -2.40. The van der Waals surface area contributed by atoms with Crippen molar-refractivity contribution in [2.75, 3.05) is 11.9 Å². The molecule has 41 heavy (non-hydrogen) atoms. The zero-order valence-corrected chi connectivity index (χ0v) is 22.6. The van der Waals surface area contributed by atoms with Gasteiger partial charge in [-0.15, -0.1) is 0 Å². The highest BCUT2D eigenvalue weighted by atomic mass is 19.4. The van der Waals surface area contributed by atoms with Crippen LogP contribution in [-0.4, -0.2) is 38.1 Å². The van der Waals surface area contributed by atoms with E-state index in [-0.39, 0.29) is 23.6 Å². The van der Waals surface area contributed by atoms with Gasteiger partial charge in [0.15, 0.2) is 5.82 Å². The maximum atomic E-state index is 15.3. The summed E-state index contributed by atoms with van der Waals surface area (Å²) in [6, 6.07) is 13.9. The summed E-state index contributed by atoms with van der Waals surface area (Å²) in [6.45, 7) is 5.97. The summed E-state index contributed by atoms with van der Waals surface area (Å²) in [5.41, 5.74) is 0.622. The quantitative estimate of drug-likeness (QED) is 0.260. The number of ether oxygens (including phenoxy) is 1. The normalized spacial score (nSPS) is 13.5. The summed E-state index contributed by atoms with van der Waals surface area (Å²) in [6.07, 6.45) is -2.20. The SMILES string of the molecule is CC(C)(C)OC(=O)N1CCc2nc(-c3ccccc3)c(Nc3cc(-c4ncccn4)c(C(F)(F)F)cc3F)cc2C1. The monoisotopic (exact) mass is 565 g/mol. The van der Waals surface area contributed by atoms with Crippen molar-refractivity contribution in [3.63, 3.8) is 0 Å². The molecule has 1 amide bonds. The number of hydrogen-bond donors (Lipinski definition) is 1. The van der Waals surface area contributed by atoms with E-state index in [0.29, 0.717) is 36.0 Å². The lowest BCUT2D eigenvalue weighted by atomic mass is 10.0. The lowest BCUT2D eigenvalue weighted by molar-refractivity contribution is -0.137. The Kier molecular flexibility index (Phi) is 7.37. The number of fused-ring (bicyclic) bond motifs is 1. The van der Waals surface area contributed by atoms with Crippen LogP contribution in [0.4, 0.5) is 33.7 Å². The average Bonchev–Trinajstić information content (AvgIpc) is 2.92. The number of amides is 1. The Morgan fingerprint density at radius 2 is 1.68 bits per heavy atom. The van der Waals surface area contributed by atoms with E-state index in [4.69, 9.17) is 9.72 Å². The minimum Gasteiger partial charge on any atom is -0.444 e. The predicted octanol–water partition coefficient (Wildman–Crippen LogP) is 7.40. The van der Waals surface area contributed by atoms with Crippen molar-refractivity contribution in [1.29, 1.82) is 0 Å². The first-order valence-corrected chi connectivity index (χ1v) is 12.9. The second kappa shape index (κ2) is 10.8. The molecule has 5 rings (SSSR count). The first-order chi connectivity index (χ1) is 19.4. The van der Waals surface area contributed by atoms with Crippen LogP contribution in [0.15, 0.2) is 67.0 Å². The third kappa shape index (κ3) is 6.29. The molecule has 1 aliphatic rings. The third-order valence-electron chi connectivity index (χ3n) is 6.36. The molecule has 0 unspecified atom stereocenters. The minimum absolute atomic E-state index is 0.192. The van der Waals surface area contributed by atoms with Crippen molar-refractivity contribution in [3.05, 3.63) is 89.6 Å². The zero-order chi connectivity index (χ0) is 29.4. The van der Waals surface area contributed by atoms with E-state index in [9.17, 15) is 18.0 Å². The Morgan fingerprint density at radius 1 is 0.976 bits per heavy atom. The number of nitrogens with zero attached hydrogens (tertiary/aromatic N) is 4. The molecule has 0 saturated carbocycles. The van der Waals surface area contributed by atoms with Crippen molar-refractivity contribution in [3.8, 4) is 22.6 Å². The molecule has 7 nitrogen and oxygen atoms in total. The molecule has 1 aliphatic heterocycles. The van der Waals surface area contributed by atoms with Gasteiger partial charge in [-0.2, -0.15) is 13.2 Å². The fourth-order valence-electron chi connectivity index (χ4n) is 4.54. The van der Waals surface area contributed by atoms with Gasteiger partial charge in [0.25, 0.3) is 0 Å². The van der Waals surface area contributed by atoms with Crippen LogP contribution in [-0.2, 0) is 23.9 Å². The molecule has 11 heteroatoms. The summed E-state index contributed by atoms with van der Waals surface area (Å²) < 4.78 is 62.4. The summed E-state index contributed by atoms with van der Waals surface area (Å²) in [5, 5.41) is 2.97. The molecule has 4 aromatic rings. The topological polar surface area (TPSA) is 80.2 Å². The number of carbonyl (C=O) groups excluding carboxylic acids is 1. The van der Waals surface area contributed by atoms with Gasteiger partial charge in [-0.25, -0.2) is 19.2 Å². The molecule has 3 heterocycles. The van der Waals surface area contributed by atoms with Gasteiger partial charge in [-0.05, 0) is 50.6 Å². The Hall–Kier alpha value is -4.54. The molecule has 0 aliphatic carbocycles. The highest BCUT2D eigenvalue weighted by Gasteiger charge is 2.36. The molecular formula is C30H27F4N5O2. The number of anilines is 2. The molecule has 2 aromatic carbocycles. The predicted molar refractivity (Wildman–Crippen MR) is 146 cm³/mol. The van der Waals surface area contributed by atoms with Gasteiger partial charge in [-0.3, -0.25) is 4.98 Å². The minimum atomic E-state index is -4.83. The molecule has 212 valence electrons. The number of benzene rings is 2. The van der Waals surface area contributed by atoms with Gasteiger partial charge in [0.2, 0.25) is 0 Å². The summed E-state index contributed by atoms with van der Waals surface area (Å²) in [5.74, 6) is -1.30. The number of halogens is 4. The van der Waals surface area contributed by atoms with Crippen LogP contribution < -0.4 is 5.32 Å². The van der Waals surface area contributed by atoms with Crippen LogP contribution in [0, 0.1) is 5.82 Å². The van der Waals surface area contributed by atoms with E-state index in [1.54, 1.807) is 31.7 Å². The molecule has 0 atom stereocenters. The van der Waals surface area contributed by atoms with Crippen LogP contribution in [0.2, 0.25) is 0 Å². The fraction of sp³-hybridized carbons (Fsp3) is 0.267. The molecule has 0 fully saturated rings. The van der Waals surface area contributed by atoms with E-state index in [1.165, 1.54) is 18.5 Å². The number of alkyl halides is 3. The molecule has 0 spiro atoms. The zero-order valence-electron chi connectivity index (χ0n) is 22.6. The Labute approximate surface area is 234 Å². The van der Waals surface area contributed by atoms with Crippen LogP contribution in [0.25, 0.3) is 22.6 Å². The number of carbonyl (C=O) groups is 1. The van der Waals surface area contributed by atoms with Crippen LogP contribution in [0.3, 0.4) is 0 Å². The Morgan fingerprint density at radius 3 is 2.34 bits per heavy atom. The van der Waals surface area contributed by atoms with Gasteiger partial charge in [0.1, 0.15) is 11.4 Å². The fourth-order valence-corrected chi connectivity index (χ4v) is 4.54. The summed E-state index contributed by atoms with van der Waals surface area (Å²) in [7, 11) is 0. The van der Waals surface area contributed by atoms with Crippen molar-refractivity contribution in [2.45, 2.75) is 45.5 Å².